The number of epoxide rings is 1. The van der Waals surface area contributed by atoms with Crippen LogP contribution < -0.4 is 9.47 Å². The van der Waals surface area contributed by atoms with E-state index in [2.05, 4.69) is 4.98 Å². The molecule has 0 unspecified atom stereocenters. The molecule has 0 spiro atoms. The zero-order valence-electron chi connectivity index (χ0n) is 11.1. The molecule has 2 atom stereocenters. The van der Waals surface area contributed by atoms with E-state index in [0.29, 0.717) is 5.88 Å². The number of nitrogens with zero attached hydrogens (tertiary/aromatic N) is 1. The highest BCUT2D eigenvalue weighted by Crippen LogP contribution is 2.57. The molecule has 0 amide bonds. The highest BCUT2D eigenvalue weighted by molar-refractivity contribution is 5.88. The summed E-state index contributed by atoms with van der Waals surface area (Å²) in [6.45, 7) is 4.06. The molecule has 0 radical (unpaired) electrons. The van der Waals surface area contributed by atoms with Crippen molar-refractivity contribution in [2.24, 2.45) is 0 Å². The number of pyridine rings is 1. The second-order valence-corrected chi connectivity index (χ2v) is 5.56. The summed E-state index contributed by atoms with van der Waals surface area (Å²) in [5, 5.41) is 1.00. The smallest absolute Gasteiger partial charge is 0.224 e. The molecule has 0 bridgehead atoms. The Kier molecular flexibility index (Phi) is 1.97. The van der Waals surface area contributed by atoms with Crippen molar-refractivity contribution in [2.75, 3.05) is 7.11 Å². The molecule has 1 aromatic heterocycles. The van der Waals surface area contributed by atoms with Crippen LogP contribution in [0.15, 0.2) is 24.3 Å². The fraction of sp³-hybridized carbons (Fsp3) is 0.400. The van der Waals surface area contributed by atoms with Crippen LogP contribution in [0.4, 0.5) is 0 Å². The van der Waals surface area contributed by atoms with Crippen molar-refractivity contribution in [2.45, 2.75) is 31.7 Å². The molecule has 1 saturated heterocycles. The Bertz CT molecular complexity index is 680. The molecule has 4 nitrogen and oxygen atoms in total. The van der Waals surface area contributed by atoms with Gasteiger partial charge in [0.05, 0.1) is 18.2 Å². The van der Waals surface area contributed by atoms with Crippen LogP contribution in [0.2, 0.25) is 0 Å². The van der Waals surface area contributed by atoms with Crippen LogP contribution in [-0.2, 0) is 4.74 Å². The summed E-state index contributed by atoms with van der Waals surface area (Å²) in [6.07, 6.45) is 0.141. The number of hydrogen-bond donors (Lipinski definition) is 0. The number of ether oxygens (including phenoxy) is 3. The van der Waals surface area contributed by atoms with Gasteiger partial charge in [0.15, 0.2) is 0 Å². The molecule has 98 valence electrons. The van der Waals surface area contributed by atoms with E-state index in [4.69, 9.17) is 14.2 Å². The number of fused-ring (bicyclic) bond motifs is 4. The molecule has 4 heteroatoms. The fourth-order valence-corrected chi connectivity index (χ4v) is 2.89. The Morgan fingerprint density at radius 2 is 2.05 bits per heavy atom. The van der Waals surface area contributed by atoms with E-state index < -0.39 is 0 Å². The second-order valence-electron chi connectivity index (χ2n) is 5.56. The Labute approximate surface area is 111 Å². The van der Waals surface area contributed by atoms with Crippen LogP contribution in [0, 0.1) is 0 Å². The van der Waals surface area contributed by atoms with Crippen LogP contribution in [-0.4, -0.2) is 23.8 Å². The summed E-state index contributed by atoms with van der Waals surface area (Å²) in [6, 6.07) is 7.93. The predicted octanol–water partition coefficient (Wildman–Crippen LogP) is 2.85. The van der Waals surface area contributed by atoms with Gasteiger partial charge < -0.3 is 14.2 Å². The van der Waals surface area contributed by atoms with Gasteiger partial charge in [-0.15, -0.1) is 0 Å². The molecule has 2 aliphatic rings. The Morgan fingerprint density at radius 1 is 1.26 bits per heavy atom. The van der Waals surface area contributed by atoms with Gasteiger partial charge in [-0.3, -0.25) is 0 Å². The van der Waals surface area contributed by atoms with Gasteiger partial charge in [-0.2, -0.15) is 0 Å². The van der Waals surface area contributed by atoms with E-state index in [9.17, 15) is 0 Å². The minimum atomic E-state index is -0.335. The highest BCUT2D eigenvalue weighted by Gasteiger charge is 2.58. The highest BCUT2D eigenvalue weighted by atomic mass is 16.6. The molecule has 2 aromatic rings. The Hall–Kier alpha value is -1.81. The van der Waals surface area contributed by atoms with Crippen molar-refractivity contribution < 1.29 is 14.2 Å². The maximum Gasteiger partial charge on any atom is 0.224 e. The molecule has 1 fully saturated rings. The van der Waals surface area contributed by atoms with Crippen LogP contribution >= 0.6 is 0 Å². The van der Waals surface area contributed by atoms with Crippen molar-refractivity contribution in [1.29, 1.82) is 0 Å². The predicted molar refractivity (Wildman–Crippen MR) is 70.6 cm³/mol. The van der Waals surface area contributed by atoms with Crippen LogP contribution in [0.1, 0.15) is 25.5 Å². The van der Waals surface area contributed by atoms with Gasteiger partial charge in [-0.25, -0.2) is 4.98 Å². The van der Waals surface area contributed by atoms with Crippen molar-refractivity contribution in [3.8, 4) is 11.6 Å². The van der Waals surface area contributed by atoms with Gasteiger partial charge in [0.25, 0.3) is 0 Å². The SMILES string of the molecule is COc1c2c(nc3ccccc13)OC(C)(C)[C@H]1O[C@@H]21. The summed E-state index contributed by atoms with van der Waals surface area (Å²) in [7, 11) is 1.68. The molecule has 2 aliphatic heterocycles. The lowest BCUT2D eigenvalue weighted by atomic mass is 9.94. The lowest BCUT2D eigenvalue weighted by Crippen LogP contribution is -2.38. The third-order valence-electron chi connectivity index (χ3n) is 3.87. The van der Waals surface area contributed by atoms with E-state index in [0.717, 1.165) is 22.2 Å². The van der Waals surface area contributed by atoms with Gasteiger partial charge in [-0.1, -0.05) is 12.1 Å². The third kappa shape index (κ3) is 1.40. The van der Waals surface area contributed by atoms with E-state index in [1.54, 1.807) is 7.11 Å². The minimum Gasteiger partial charge on any atom is -0.495 e. The lowest BCUT2D eigenvalue weighted by Gasteiger charge is -2.29. The zero-order chi connectivity index (χ0) is 13.2. The first-order chi connectivity index (χ1) is 9.12. The Morgan fingerprint density at radius 3 is 2.84 bits per heavy atom. The fourth-order valence-electron chi connectivity index (χ4n) is 2.89. The quantitative estimate of drug-likeness (QED) is 0.737. The van der Waals surface area contributed by atoms with Crippen molar-refractivity contribution >= 4 is 10.9 Å². The van der Waals surface area contributed by atoms with Crippen LogP contribution in [0.3, 0.4) is 0 Å². The number of methoxy groups -OCH3 is 1. The van der Waals surface area contributed by atoms with Gasteiger partial charge in [-0.05, 0) is 26.0 Å². The van der Waals surface area contributed by atoms with E-state index in [-0.39, 0.29) is 17.8 Å². The number of rotatable bonds is 1. The number of aromatic nitrogens is 1. The van der Waals surface area contributed by atoms with Crippen molar-refractivity contribution in [3.63, 3.8) is 0 Å². The van der Waals surface area contributed by atoms with Gasteiger partial charge in [0.2, 0.25) is 5.88 Å². The largest absolute Gasteiger partial charge is 0.495 e. The molecular weight excluding hydrogens is 242 g/mol. The molecule has 4 rings (SSSR count). The molecule has 1 aromatic carbocycles. The molecule has 0 aliphatic carbocycles. The monoisotopic (exact) mass is 257 g/mol. The number of hydrogen-bond acceptors (Lipinski definition) is 4. The lowest BCUT2D eigenvalue weighted by molar-refractivity contribution is 0.0673. The summed E-state index contributed by atoms with van der Waals surface area (Å²) in [5.41, 5.74) is 1.50. The van der Waals surface area contributed by atoms with Crippen molar-refractivity contribution in [1.82, 2.24) is 4.98 Å². The second kappa shape index (κ2) is 3.39. The first-order valence-electron chi connectivity index (χ1n) is 6.43. The Balaban J connectivity index is 2.03. The normalized spacial score (nSPS) is 26.3. The van der Waals surface area contributed by atoms with Gasteiger partial charge in [0, 0.05) is 5.39 Å². The van der Waals surface area contributed by atoms with Crippen LogP contribution in [0.25, 0.3) is 10.9 Å². The van der Waals surface area contributed by atoms with Crippen LogP contribution in [0.5, 0.6) is 11.6 Å². The van der Waals surface area contributed by atoms with Gasteiger partial charge >= 0.3 is 0 Å². The van der Waals surface area contributed by atoms with Gasteiger partial charge in [0.1, 0.15) is 23.6 Å². The zero-order valence-corrected chi connectivity index (χ0v) is 11.1. The maximum atomic E-state index is 6.01. The molecule has 19 heavy (non-hydrogen) atoms. The van der Waals surface area contributed by atoms with E-state index >= 15 is 0 Å². The number of benzene rings is 1. The average Bonchev–Trinajstić information content (AvgIpc) is 3.17. The van der Waals surface area contributed by atoms with Crippen molar-refractivity contribution in [3.05, 3.63) is 29.8 Å². The summed E-state index contributed by atoms with van der Waals surface area (Å²) >= 11 is 0. The first kappa shape index (κ1) is 11.1. The molecular formula is C15H15NO3. The summed E-state index contributed by atoms with van der Waals surface area (Å²) in [4.78, 5) is 4.61. The van der Waals surface area contributed by atoms with E-state index in [1.165, 1.54) is 0 Å². The van der Waals surface area contributed by atoms with E-state index in [1.807, 2.05) is 38.1 Å². The molecule has 0 N–H and O–H groups in total. The topological polar surface area (TPSA) is 43.9 Å². The molecule has 3 heterocycles. The average molecular weight is 257 g/mol. The summed E-state index contributed by atoms with van der Waals surface area (Å²) < 4.78 is 17.4. The summed E-state index contributed by atoms with van der Waals surface area (Å²) in [5.74, 6) is 1.46. The standard InChI is InChI=1S/C15H15NO3/c1-15(2)13-12(18-13)10-11(17-3)8-6-4-5-7-9(8)16-14(10)19-15/h4-7,12-13H,1-3H3/t12-,13-/m0/s1. The number of para-hydroxylation sites is 1. The maximum absolute atomic E-state index is 6.01. The molecule has 0 saturated carbocycles. The third-order valence-corrected chi connectivity index (χ3v) is 3.87. The minimum absolute atomic E-state index is 0.0470. The first-order valence-corrected chi connectivity index (χ1v) is 6.43.